The molecule has 1 aliphatic heterocycles. The second-order valence-electron chi connectivity index (χ2n) is 5.80. The van der Waals surface area contributed by atoms with E-state index in [1.807, 2.05) is 4.90 Å². The Morgan fingerprint density at radius 3 is 2.46 bits per heavy atom. The van der Waals surface area contributed by atoms with Gasteiger partial charge in [-0.15, -0.1) is 0 Å². The van der Waals surface area contributed by atoms with E-state index in [2.05, 4.69) is 0 Å². The van der Waals surface area contributed by atoms with Gasteiger partial charge in [0.25, 0.3) is 0 Å². The van der Waals surface area contributed by atoms with Gasteiger partial charge in [0.1, 0.15) is 11.5 Å². The highest BCUT2D eigenvalue weighted by molar-refractivity contribution is 5.51. The van der Waals surface area contributed by atoms with E-state index in [1.165, 1.54) is 6.07 Å². The van der Waals surface area contributed by atoms with Gasteiger partial charge in [-0.05, 0) is 29.8 Å². The number of hydrogen-bond donors (Lipinski definition) is 1. The Morgan fingerprint density at radius 2 is 1.79 bits per heavy atom. The molecule has 0 aliphatic carbocycles. The van der Waals surface area contributed by atoms with Crippen molar-refractivity contribution in [1.29, 1.82) is 0 Å². The monoisotopic (exact) mass is 335 g/mol. The highest BCUT2D eigenvalue weighted by Crippen LogP contribution is 2.39. The average molecular weight is 335 g/mol. The summed E-state index contributed by atoms with van der Waals surface area (Å²) in [6.07, 6.45) is -0.746. The third kappa shape index (κ3) is 3.07. The van der Waals surface area contributed by atoms with Crippen molar-refractivity contribution in [3.8, 4) is 11.5 Å². The summed E-state index contributed by atoms with van der Waals surface area (Å²) in [5.41, 5.74) is 2.21. The number of halogens is 2. The Morgan fingerprint density at radius 1 is 1.08 bits per heavy atom. The van der Waals surface area contributed by atoms with Crippen LogP contribution in [0.15, 0.2) is 30.3 Å². The van der Waals surface area contributed by atoms with Crippen molar-refractivity contribution in [3.05, 3.63) is 58.7 Å². The molecule has 0 aromatic heterocycles. The van der Waals surface area contributed by atoms with Gasteiger partial charge in [-0.3, -0.25) is 4.90 Å². The summed E-state index contributed by atoms with van der Waals surface area (Å²) in [7, 11) is 3.13. The molecule has 4 nitrogen and oxygen atoms in total. The van der Waals surface area contributed by atoms with Crippen LogP contribution in [0.2, 0.25) is 0 Å². The Balaban J connectivity index is 1.89. The largest absolute Gasteiger partial charge is 0.496 e. The molecule has 2 aromatic carbocycles. The van der Waals surface area contributed by atoms with Crippen molar-refractivity contribution in [2.45, 2.75) is 19.2 Å². The van der Waals surface area contributed by atoms with Crippen LogP contribution in [0.3, 0.4) is 0 Å². The third-order valence-corrected chi connectivity index (χ3v) is 4.25. The zero-order valence-electron chi connectivity index (χ0n) is 13.6. The summed E-state index contributed by atoms with van der Waals surface area (Å²) < 4.78 is 37.2. The number of fused-ring (bicyclic) bond motifs is 1. The first-order valence-corrected chi connectivity index (χ1v) is 7.61. The zero-order chi connectivity index (χ0) is 17.3. The molecule has 1 N–H and O–H groups in total. The smallest absolute Gasteiger partial charge is 0.159 e. The molecule has 128 valence electrons. The van der Waals surface area contributed by atoms with Crippen LogP contribution in [0.25, 0.3) is 0 Å². The van der Waals surface area contributed by atoms with E-state index in [-0.39, 0.29) is 0 Å². The Kier molecular flexibility index (Phi) is 4.69. The number of rotatable bonds is 4. The van der Waals surface area contributed by atoms with Crippen LogP contribution in [0.1, 0.15) is 22.8 Å². The van der Waals surface area contributed by atoms with Crippen molar-refractivity contribution < 1.29 is 23.4 Å². The first-order chi connectivity index (χ1) is 11.5. The van der Waals surface area contributed by atoms with Crippen molar-refractivity contribution in [2.24, 2.45) is 0 Å². The maximum atomic E-state index is 13.4. The fraction of sp³-hybridized carbons (Fsp3) is 0.333. The van der Waals surface area contributed by atoms with Gasteiger partial charge in [-0.25, -0.2) is 8.78 Å². The first kappa shape index (κ1) is 16.7. The lowest BCUT2D eigenvalue weighted by Gasteiger charge is -2.34. The Labute approximate surface area is 139 Å². The molecule has 0 saturated heterocycles. The number of β-amino-alcohol motifs (C(OH)–C–C–N with tert-alkyl or cyclic N) is 1. The summed E-state index contributed by atoms with van der Waals surface area (Å²) in [6, 6.07) is 7.41. The molecule has 1 unspecified atom stereocenters. The maximum Gasteiger partial charge on any atom is 0.159 e. The van der Waals surface area contributed by atoms with Gasteiger partial charge in [0.05, 0.1) is 20.3 Å². The summed E-state index contributed by atoms with van der Waals surface area (Å²) in [4.78, 5) is 1.96. The van der Waals surface area contributed by atoms with Gasteiger partial charge in [0.2, 0.25) is 0 Å². The van der Waals surface area contributed by atoms with Crippen LogP contribution >= 0.6 is 0 Å². The van der Waals surface area contributed by atoms with E-state index in [4.69, 9.17) is 9.47 Å². The second kappa shape index (κ2) is 6.75. The van der Waals surface area contributed by atoms with Gasteiger partial charge in [-0.2, -0.15) is 0 Å². The molecule has 0 spiro atoms. The molecule has 0 bridgehead atoms. The number of hydrogen-bond acceptors (Lipinski definition) is 4. The van der Waals surface area contributed by atoms with Crippen LogP contribution in [0, 0.1) is 11.6 Å². The van der Waals surface area contributed by atoms with Crippen LogP contribution in [-0.4, -0.2) is 30.8 Å². The van der Waals surface area contributed by atoms with E-state index in [0.29, 0.717) is 36.7 Å². The Hall–Kier alpha value is -2.18. The van der Waals surface area contributed by atoms with E-state index in [1.54, 1.807) is 32.4 Å². The van der Waals surface area contributed by atoms with Crippen LogP contribution in [0.4, 0.5) is 8.78 Å². The number of aliphatic hydroxyl groups excluding tert-OH is 1. The molecular weight excluding hydrogens is 316 g/mol. The van der Waals surface area contributed by atoms with Gasteiger partial charge in [-0.1, -0.05) is 6.07 Å². The predicted octanol–water partition coefficient (Wildman–Crippen LogP) is 3.03. The van der Waals surface area contributed by atoms with Crippen LogP contribution < -0.4 is 9.47 Å². The third-order valence-electron chi connectivity index (χ3n) is 4.25. The van der Waals surface area contributed by atoms with Crippen molar-refractivity contribution in [2.75, 3.05) is 20.8 Å². The summed E-state index contributed by atoms with van der Waals surface area (Å²) in [5.74, 6) is -0.454. The minimum atomic E-state index is -0.871. The molecule has 0 fully saturated rings. The van der Waals surface area contributed by atoms with Crippen molar-refractivity contribution >= 4 is 0 Å². The maximum absolute atomic E-state index is 13.4. The van der Waals surface area contributed by atoms with E-state index >= 15 is 0 Å². The fourth-order valence-corrected chi connectivity index (χ4v) is 3.16. The van der Waals surface area contributed by atoms with Gasteiger partial charge in [0, 0.05) is 30.8 Å². The molecule has 0 radical (unpaired) electrons. The van der Waals surface area contributed by atoms with Gasteiger partial charge < -0.3 is 14.6 Å². The van der Waals surface area contributed by atoms with E-state index < -0.39 is 17.7 Å². The van der Waals surface area contributed by atoms with Crippen molar-refractivity contribution in [1.82, 2.24) is 4.90 Å². The van der Waals surface area contributed by atoms with Crippen molar-refractivity contribution in [3.63, 3.8) is 0 Å². The summed E-state index contributed by atoms with van der Waals surface area (Å²) in [5, 5.41) is 10.5. The lowest BCUT2D eigenvalue weighted by atomic mass is 9.95. The lowest BCUT2D eigenvalue weighted by molar-refractivity contribution is 0.0842. The highest BCUT2D eigenvalue weighted by atomic mass is 19.2. The number of ether oxygens (including phenoxy) is 2. The number of aliphatic hydroxyl groups is 1. The second-order valence-corrected chi connectivity index (χ2v) is 5.80. The molecule has 24 heavy (non-hydrogen) atoms. The highest BCUT2D eigenvalue weighted by Gasteiger charge is 2.29. The quantitative estimate of drug-likeness (QED) is 0.933. The normalized spacial score (nSPS) is 17.5. The van der Waals surface area contributed by atoms with Gasteiger partial charge in [0.15, 0.2) is 11.6 Å². The van der Waals surface area contributed by atoms with Crippen LogP contribution in [-0.2, 0) is 13.1 Å². The minimum Gasteiger partial charge on any atom is -0.496 e. The molecule has 3 rings (SSSR count). The fourth-order valence-electron chi connectivity index (χ4n) is 3.16. The summed E-state index contributed by atoms with van der Waals surface area (Å²) in [6.45, 7) is 1.29. The topological polar surface area (TPSA) is 41.9 Å². The molecule has 1 heterocycles. The van der Waals surface area contributed by atoms with E-state index in [0.717, 1.165) is 17.2 Å². The van der Waals surface area contributed by atoms with E-state index in [9.17, 15) is 13.9 Å². The lowest BCUT2D eigenvalue weighted by Crippen LogP contribution is -2.33. The number of methoxy groups -OCH3 is 2. The Bertz CT molecular complexity index is 751. The molecular formula is C18H19F2NO3. The first-order valence-electron chi connectivity index (χ1n) is 7.61. The average Bonchev–Trinajstić information content (AvgIpc) is 2.57. The minimum absolute atomic E-state index is 0.371. The summed E-state index contributed by atoms with van der Waals surface area (Å²) >= 11 is 0. The molecule has 0 amide bonds. The SMILES string of the molecule is COc1ccc(OC)c2c1CN(Cc1ccc(F)c(F)c1)CC2O. The molecule has 1 aliphatic rings. The molecule has 1 atom stereocenters. The molecule has 0 saturated carbocycles. The molecule has 6 heteroatoms. The standard InChI is InChI=1S/C18H19F2NO3/c1-23-16-5-6-17(24-2)18-12(16)9-21(10-15(18)22)8-11-3-4-13(19)14(20)7-11/h3-7,15,22H,8-10H2,1-2H3. The van der Waals surface area contributed by atoms with Crippen LogP contribution in [0.5, 0.6) is 11.5 Å². The van der Waals surface area contributed by atoms with Gasteiger partial charge >= 0.3 is 0 Å². The number of nitrogens with zero attached hydrogens (tertiary/aromatic N) is 1. The number of benzene rings is 2. The zero-order valence-corrected chi connectivity index (χ0v) is 13.6. The predicted molar refractivity (Wildman–Crippen MR) is 85.0 cm³/mol. The molecule has 2 aromatic rings.